The molecule has 0 aromatic heterocycles. The molecule has 1 aromatic carbocycles. The molecule has 0 heterocycles. The zero-order valence-electron chi connectivity index (χ0n) is 9.24. The second-order valence-corrected chi connectivity index (χ2v) is 3.70. The Morgan fingerprint density at radius 1 is 1.27 bits per heavy atom. The van der Waals surface area contributed by atoms with E-state index >= 15 is 0 Å². The third kappa shape index (κ3) is 4.62. The Hall–Kier alpha value is -1.33. The molecule has 0 aliphatic rings. The van der Waals surface area contributed by atoms with Gasteiger partial charge in [0.1, 0.15) is 0 Å². The fourth-order valence-electron chi connectivity index (χ4n) is 1.51. The van der Waals surface area contributed by atoms with Gasteiger partial charge in [-0.1, -0.05) is 30.3 Å². The highest BCUT2D eigenvalue weighted by atomic mass is 14.9. The van der Waals surface area contributed by atoms with Crippen LogP contribution in [0.15, 0.2) is 30.3 Å². The van der Waals surface area contributed by atoms with Crippen LogP contribution in [-0.2, 0) is 0 Å². The van der Waals surface area contributed by atoms with Crippen LogP contribution in [-0.4, -0.2) is 6.54 Å². The number of nitrogens with one attached hydrogen (secondary N) is 1. The van der Waals surface area contributed by atoms with E-state index in [-0.39, 0.29) is 0 Å². The first-order valence-corrected chi connectivity index (χ1v) is 5.50. The van der Waals surface area contributed by atoms with E-state index in [0.717, 1.165) is 19.4 Å². The van der Waals surface area contributed by atoms with Crippen molar-refractivity contribution < 1.29 is 0 Å². The summed E-state index contributed by atoms with van der Waals surface area (Å²) in [6, 6.07) is 13.0. The van der Waals surface area contributed by atoms with E-state index in [1.807, 2.05) is 6.07 Å². The summed E-state index contributed by atoms with van der Waals surface area (Å²) in [7, 11) is 0. The maximum atomic E-state index is 8.38. The lowest BCUT2D eigenvalue weighted by molar-refractivity contribution is 0.549. The molecule has 80 valence electrons. The number of unbranched alkanes of at least 4 members (excludes halogenated alkanes) is 2. The average molecular weight is 202 g/mol. The van der Waals surface area contributed by atoms with Gasteiger partial charge in [0.15, 0.2) is 0 Å². The van der Waals surface area contributed by atoms with Crippen LogP contribution in [0.2, 0.25) is 0 Å². The molecule has 0 amide bonds. The van der Waals surface area contributed by atoms with E-state index < -0.39 is 0 Å². The number of hydrogen-bond donors (Lipinski definition) is 1. The van der Waals surface area contributed by atoms with Gasteiger partial charge in [0.05, 0.1) is 6.07 Å². The summed E-state index contributed by atoms with van der Waals surface area (Å²) in [5, 5.41) is 11.8. The van der Waals surface area contributed by atoms with Gasteiger partial charge in [0.2, 0.25) is 0 Å². The minimum Gasteiger partial charge on any atom is -0.310 e. The van der Waals surface area contributed by atoms with Crippen LogP contribution in [0, 0.1) is 11.3 Å². The molecule has 1 aromatic rings. The molecule has 0 fully saturated rings. The largest absolute Gasteiger partial charge is 0.310 e. The third-order valence-electron chi connectivity index (χ3n) is 2.47. The highest BCUT2D eigenvalue weighted by Crippen LogP contribution is 2.10. The van der Waals surface area contributed by atoms with Gasteiger partial charge >= 0.3 is 0 Å². The molecule has 15 heavy (non-hydrogen) atoms. The fraction of sp³-hybridized carbons (Fsp3) is 0.462. The maximum Gasteiger partial charge on any atom is 0.0621 e. The number of nitrogens with zero attached hydrogens (tertiary/aromatic N) is 1. The van der Waals surface area contributed by atoms with Crippen molar-refractivity contribution in [3.8, 4) is 6.07 Å². The molecule has 0 spiro atoms. The number of rotatable bonds is 6. The Labute approximate surface area is 91.9 Å². The summed E-state index contributed by atoms with van der Waals surface area (Å²) in [5.74, 6) is 0. The fourth-order valence-corrected chi connectivity index (χ4v) is 1.51. The highest BCUT2D eigenvalue weighted by Gasteiger charge is 2.02. The zero-order valence-corrected chi connectivity index (χ0v) is 9.24. The van der Waals surface area contributed by atoms with Crippen LogP contribution in [0.1, 0.15) is 37.8 Å². The molecule has 1 N–H and O–H groups in total. The summed E-state index contributed by atoms with van der Waals surface area (Å²) in [6.07, 6.45) is 2.73. The molecule has 2 nitrogen and oxygen atoms in total. The summed E-state index contributed by atoms with van der Waals surface area (Å²) in [6.45, 7) is 3.15. The van der Waals surface area contributed by atoms with Gasteiger partial charge in [-0.3, -0.25) is 0 Å². The minimum atomic E-state index is 0.397. The van der Waals surface area contributed by atoms with Gasteiger partial charge in [-0.2, -0.15) is 5.26 Å². The minimum absolute atomic E-state index is 0.397. The highest BCUT2D eigenvalue weighted by molar-refractivity contribution is 5.17. The van der Waals surface area contributed by atoms with Crippen LogP contribution in [0.4, 0.5) is 0 Å². The Morgan fingerprint density at radius 3 is 2.67 bits per heavy atom. The first-order valence-electron chi connectivity index (χ1n) is 5.50. The Kier molecular flexibility index (Phi) is 5.50. The molecular weight excluding hydrogens is 184 g/mol. The summed E-state index contributed by atoms with van der Waals surface area (Å²) in [5.41, 5.74) is 1.32. The van der Waals surface area contributed by atoms with Crippen molar-refractivity contribution in [1.29, 1.82) is 5.26 Å². The topological polar surface area (TPSA) is 35.8 Å². The van der Waals surface area contributed by atoms with E-state index in [2.05, 4.69) is 42.6 Å². The van der Waals surface area contributed by atoms with Crippen molar-refractivity contribution in [2.75, 3.05) is 6.54 Å². The van der Waals surface area contributed by atoms with E-state index in [0.29, 0.717) is 12.5 Å². The first kappa shape index (κ1) is 11.7. The molecule has 0 unspecified atom stereocenters. The number of hydrogen-bond acceptors (Lipinski definition) is 2. The number of benzene rings is 1. The molecule has 1 atom stereocenters. The molecule has 0 aliphatic heterocycles. The summed E-state index contributed by atoms with van der Waals surface area (Å²) in [4.78, 5) is 0. The molecule has 2 heteroatoms. The van der Waals surface area contributed by atoms with Gasteiger partial charge in [-0.25, -0.2) is 0 Å². The van der Waals surface area contributed by atoms with Crippen molar-refractivity contribution >= 4 is 0 Å². The van der Waals surface area contributed by atoms with Crippen molar-refractivity contribution in [3.05, 3.63) is 35.9 Å². The van der Waals surface area contributed by atoms with Crippen molar-refractivity contribution in [1.82, 2.24) is 5.32 Å². The molecule has 1 rings (SSSR count). The van der Waals surface area contributed by atoms with Crippen LogP contribution in [0.25, 0.3) is 0 Å². The van der Waals surface area contributed by atoms with Gasteiger partial charge in [-0.15, -0.1) is 0 Å². The predicted molar refractivity (Wildman–Crippen MR) is 62.3 cm³/mol. The third-order valence-corrected chi connectivity index (χ3v) is 2.47. The lowest BCUT2D eigenvalue weighted by Crippen LogP contribution is -2.19. The Balaban J connectivity index is 2.20. The molecule has 0 saturated heterocycles. The standard InChI is InChI=1S/C13H18N2/c1-12(13-8-4-2-5-9-13)15-11-7-3-6-10-14/h2,4-5,8-9,12,15H,3,6-7,11H2,1H3/t12-/m0/s1. The summed E-state index contributed by atoms with van der Waals surface area (Å²) >= 11 is 0. The molecular formula is C13H18N2. The van der Waals surface area contributed by atoms with E-state index in [1.165, 1.54) is 5.56 Å². The second-order valence-electron chi connectivity index (χ2n) is 3.70. The van der Waals surface area contributed by atoms with Crippen molar-refractivity contribution in [3.63, 3.8) is 0 Å². The maximum absolute atomic E-state index is 8.38. The molecule has 0 radical (unpaired) electrons. The number of nitriles is 1. The van der Waals surface area contributed by atoms with Gasteiger partial charge < -0.3 is 5.32 Å². The van der Waals surface area contributed by atoms with Gasteiger partial charge in [0.25, 0.3) is 0 Å². The average Bonchev–Trinajstić information content (AvgIpc) is 2.30. The Morgan fingerprint density at radius 2 is 2.00 bits per heavy atom. The van der Waals surface area contributed by atoms with Crippen LogP contribution in [0.5, 0.6) is 0 Å². The summed E-state index contributed by atoms with van der Waals surface area (Å²) < 4.78 is 0. The molecule has 0 bridgehead atoms. The normalized spacial score (nSPS) is 12.0. The monoisotopic (exact) mass is 202 g/mol. The van der Waals surface area contributed by atoms with Crippen LogP contribution in [0.3, 0.4) is 0 Å². The van der Waals surface area contributed by atoms with Crippen LogP contribution < -0.4 is 5.32 Å². The Bertz CT molecular complexity index is 300. The van der Waals surface area contributed by atoms with E-state index in [9.17, 15) is 0 Å². The van der Waals surface area contributed by atoms with Crippen LogP contribution >= 0.6 is 0 Å². The van der Waals surface area contributed by atoms with E-state index in [4.69, 9.17) is 5.26 Å². The SMILES string of the molecule is C[C@H](NCCCCC#N)c1ccccc1. The van der Waals surface area contributed by atoms with Crippen molar-refractivity contribution in [2.24, 2.45) is 0 Å². The lowest BCUT2D eigenvalue weighted by Gasteiger charge is -2.13. The molecule has 0 aliphatic carbocycles. The van der Waals surface area contributed by atoms with Crippen molar-refractivity contribution in [2.45, 2.75) is 32.2 Å². The quantitative estimate of drug-likeness (QED) is 0.720. The lowest BCUT2D eigenvalue weighted by atomic mass is 10.1. The predicted octanol–water partition coefficient (Wildman–Crippen LogP) is 3.03. The zero-order chi connectivity index (χ0) is 10.9. The van der Waals surface area contributed by atoms with E-state index in [1.54, 1.807) is 0 Å². The van der Waals surface area contributed by atoms with Gasteiger partial charge in [-0.05, 0) is 31.9 Å². The second kappa shape index (κ2) is 7.03. The molecule has 0 saturated carbocycles. The van der Waals surface area contributed by atoms with Gasteiger partial charge in [0, 0.05) is 12.5 Å². The first-order chi connectivity index (χ1) is 7.34. The smallest absolute Gasteiger partial charge is 0.0621 e.